The van der Waals surface area contributed by atoms with Gasteiger partial charge in [0, 0.05) is 12.7 Å². The van der Waals surface area contributed by atoms with Crippen LogP contribution in [0.25, 0.3) is 0 Å². The highest BCUT2D eigenvalue weighted by molar-refractivity contribution is 5.75. The zero-order chi connectivity index (χ0) is 13.8. The predicted octanol–water partition coefficient (Wildman–Crippen LogP) is 2.38. The number of hydrogen-bond acceptors (Lipinski definition) is 4. The molecule has 0 saturated carbocycles. The molecule has 0 unspecified atom stereocenters. The first-order valence-electron chi connectivity index (χ1n) is 6.16. The molecule has 4 heteroatoms. The number of hydrogen-bond donors (Lipinski definition) is 0. The molecule has 4 nitrogen and oxygen atoms in total. The van der Waals surface area contributed by atoms with Crippen LogP contribution in [0.5, 0.6) is 0 Å². The Morgan fingerprint density at radius 3 is 2.44 bits per heavy atom. The van der Waals surface area contributed by atoms with E-state index in [0.29, 0.717) is 0 Å². The topological polar surface area (TPSA) is 42.4 Å². The highest BCUT2D eigenvalue weighted by Crippen LogP contribution is 2.22. The standard InChI is InChI=1S/C14H22N2O2/c1-6-16(10-13(17)18-5)12-8-7-11(9-15-12)14(2,3)4/h7-9H,6,10H2,1-5H3. The molecule has 0 aliphatic heterocycles. The van der Waals surface area contributed by atoms with Crippen molar-refractivity contribution in [2.45, 2.75) is 33.1 Å². The summed E-state index contributed by atoms with van der Waals surface area (Å²) in [5.41, 5.74) is 1.27. The molecule has 0 bridgehead atoms. The van der Waals surface area contributed by atoms with E-state index in [-0.39, 0.29) is 17.9 Å². The van der Waals surface area contributed by atoms with E-state index in [9.17, 15) is 4.79 Å². The lowest BCUT2D eigenvalue weighted by atomic mass is 9.88. The van der Waals surface area contributed by atoms with Crippen molar-refractivity contribution in [3.8, 4) is 0 Å². The smallest absolute Gasteiger partial charge is 0.325 e. The quantitative estimate of drug-likeness (QED) is 0.769. The molecule has 0 aliphatic carbocycles. The van der Waals surface area contributed by atoms with Crippen LogP contribution < -0.4 is 4.90 Å². The van der Waals surface area contributed by atoms with Gasteiger partial charge >= 0.3 is 5.97 Å². The summed E-state index contributed by atoms with van der Waals surface area (Å²) in [6.45, 7) is 9.38. The molecule has 0 aliphatic rings. The molecule has 0 N–H and O–H groups in total. The van der Waals surface area contributed by atoms with Gasteiger partial charge in [-0.05, 0) is 24.0 Å². The molecule has 0 radical (unpaired) electrons. The van der Waals surface area contributed by atoms with Crippen molar-refractivity contribution < 1.29 is 9.53 Å². The van der Waals surface area contributed by atoms with E-state index < -0.39 is 0 Å². The van der Waals surface area contributed by atoms with Crippen LogP contribution >= 0.6 is 0 Å². The minimum atomic E-state index is -0.251. The number of rotatable bonds is 4. The Morgan fingerprint density at radius 1 is 1.39 bits per heavy atom. The molecular weight excluding hydrogens is 228 g/mol. The summed E-state index contributed by atoms with van der Waals surface area (Å²) in [5, 5.41) is 0. The van der Waals surface area contributed by atoms with E-state index in [1.807, 2.05) is 24.1 Å². The van der Waals surface area contributed by atoms with Gasteiger partial charge in [-0.15, -0.1) is 0 Å². The molecule has 1 heterocycles. The highest BCUT2D eigenvalue weighted by Gasteiger charge is 2.15. The minimum Gasteiger partial charge on any atom is -0.468 e. The van der Waals surface area contributed by atoms with Crippen LogP contribution in [0.15, 0.2) is 18.3 Å². The van der Waals surface area contributed by atoms with Crippen molar-refractivity contribution >= 4 is 11.8 Å². The Bertz CT molecular complexity index is 393. The van der Waals surface area contributed by atoms with Crippen LogP contribution in [-0.2, 0) is 14.9 Å². The Hall–Kier alpha value is -1.58. The second kappa shape index (κ2) is 5.85. The van der Waals surface area contributed by atoms with Gasteiger partial charge in [0.1, 0.15) is 12.4 Å². The normalized spacial score (nSPS) is 11.2. The predicted molar refractivity (Wildman–Crippen MR) is 72.8 cm³/mol. The minimum absolute atomic E-state index is 0.0882. The molecule has 18 heavy (non-hydrogen) atoms. The fraction of sp³-hybridized carbons (Fsp3) is 0.571. The molecule has 0 aromatic carbocycles. The number of nitrogens with zero attached hydrogens (tertiary/aromatic N) is 2. The van der Waals surface area contributed by atoms with E-state index in [0.717, 1.165) is 12.4 Å². The van der Waals surface area contributed by atoms with E-state index in [4.69, 9.17) is 0 Å². The number of anilines is 1. The van der Waals surface area contributed by atoms with Crippen molar-refractivity contribution in [3.05, 3.63) is 23.9 Å². The second-order valence-corrected chi connectivity index (χ2v) is 5.25. The lowest BCUT2D eigenvalue weighted by molar-refractivity contribution is -0.138. The Balaban J connectivity index is 2.85. The van der Waals surface area contributed by atoms with E-state index in [1.54, 1.807) is 0 Å². The molecular formula is C14H22N2O2. The van der Waals surface area contributed by atoms with E-state index in [2.05, 4.69) is 36.6 Å². The summed E-state index contributed by atoms with van der Waals surface area (Å²) in [5.74, 6) is 0.550. The summed E-state index contributed by atoms with van der Waals surface area (Å²) in [6, 6.07) is 4.01. The number of methoxy groups -OCH3 is 1. The maximum absolute atomic E-state index is 11.3. The molecule has 0 saturated heterocycles. The number of carbonyl (C=O) groups excluding carboxylic acids is 1. The van der Waals surface area contributed by atoms with Crippen molar-refractivity contribution in [2.75, 3.05) is 25.1 Å². The zero-order valence-electron chi connectivity index (χ0n) is 11.9. The van der Waals surface area contributed by atoms with Crippen molar-refractivity contribution in [2.24, 2.45) is 0 Å². The average Bonchev–Trinajstić information content (AvgIpc) is 2.34. The third-order valence-corrected chi connectivity index (χ3v) is 2.87. The largest absolute Gasteiger partial charge is 0.468 e. The van der Waals surface area contributed by atoms with Gasteiger partial charge in [0.25, 0.3) is 0 Å². The van der Waals surface area contributed by atoms with Crippen molar-refractivity contribution in [1.82, 2.24) is 4.98 Å². The second-order valence-electron chi connectivity index (χ2n) is 5.25. The van der Waals surface area contributed by atoms with Gasteiger partial charge in [0.15, 0.2) is 0 Å². The van der Waals surface area contributed by atoms with E-state index >= 15 is 0 Å². The van der Waals surface area contributed by atoms with Gasteiger partial charge in [-0.3, -0.25) is 4.79 Å². The molecule has 1 aromatic heterocycles. The number of carbonyl (C=O) groups is 1. The number of ether oxygens (including phenoxy) is 1. The first-order valence-corrected chi connectivity index (χ1v) is 6.16. The SMILES string of the molecule is CCN(CC(=O)OC)c1ccc(C(C)(C)C)cn1. The zero-order valence-corrected chi connectivity index (χ0v) is 11.9. The maximum Gasteiger partial charge on any atom is 0.325 e. The summed E-state index contributed by atoms with van der Waals surface area (Å²) in [6.07, 6.45) is 1.87. The summed E-state index contributed by atoms with van der Waals surface area (Å²) in [4.78, 5) is 17.6. The third-order valence-electron chi connectivity index (χ3n) is 2.87. The van der Waals surface area contributed by atoms with Crippen LogP contribution in [0, 0.1) is 0 Å². The van der Waals surface area contributed by atoms with Gasteiger partial charge in [-0.1, -0.05) is 26.8 Å². The fourth-order valence-electron chi connectivity index (χ4n) is 1.59. The Kier molecular flexibility index (Phi) is 4.70. The number of aromatic nitrogens is 1. The highest BCUT2D eigenvalue weighted by atomic mass is 16.5. The maximum atomic E-state index is 11.3. The van der Waals surface area contributed by atoms with Gasteiger partial charge in [0.2, 0.25) is 0 Å². The summed E-state index contributed by atoms with van der Waals surface area (Å²) in [7, 11) is 1.40. The lowest BCUT2D eigenvalue weighted by Gasteiger charge is -2.23. The van der Waals surface area contributed by atoms with Gasteiger partial charge in [-0.25, -0.2) is 4.98 Å². The number of likely N-dealkylation sites (N-methyl/N-ethyl adjacent to an activating group) is 1. The lowest BCUT2D eigenvalue weighted by Crippen LogP contribution is -2.31. The Morgan fingerprint density at radius 2 is 2.06 bits per heavy atom. The van der Waals surface area contributed by atoms with Crippen LogP contribution in [0.2, 0.25) is 0 Å². The van der Waals surface area contributed by atoms with Crippen LogP contribution in [0.1, 0.15) is 33.3 Å². The van der Waals surface area contributed by atoms with Crippen LogP contribution in [0.4, 0.5) is 5.82 Å². The molecule has 100 valence electrons. The monoisotopic (exact) mass is 250 g/mol. The number of pyridine rings is 1. The Labute approximate surface area is 109 Å². The third kappa shape index (κ3) is 3.72. The van der Waals surface area contributed by atoms with Crippen LogP contribution in [0.3, 0.4) is 0 Å². The first-order chi connectivity index (χ1) is 8.38. The van der Waals surface area contributed by atoms with E-state index in [1.165, 1.54) is 12.7 Å². The van der Waals surface area contributed by atoms with Gasteiger partial charge < -0.3 is 9.64 Å². The first kappa shape index (κ1) is 14.5. The molecule has 1 rings (SSSR count). The van der Waals surface area contributed by atoms with Crippen molar-refractivity contribution in [1.29, 1.82) is 0 Å². The summed E-state index contributed by atoms with van der Waals surface area (Å²) < 4.78 is 4.67. The molecule has 0 spiro atoms. The molecule has 0 fully saturated rings. The van der Waals surface area contributed by atoms with Gasteiger partial charge in [0.05, 0.1) is 7.11 Å². The number of esters is 1. The average molecular weight is 250 g/mol. The molecule has 1 aromatic rings. The van der Waals surface area contributed by atoms with Crippen LogP contribution in [-0.4, -0.2) is 31.2 Å². The van der Waals surface area contributed by atoms with Gasteiger partial charge in [-0.2, -0.15) is 0 Å². The van der Waals surface area contributed by atoms with Crippen molar-refractivity contribution in [3.63, 3.8) is 0 Å². The summed E-state index contributed by atoms with van der Waals surface area (Å²) >= 11 is 0. The molecule has 0 amide bonds. The molecule has 0 atom stereocenters. The fourth-order valence-corrected chi connectivity index (χ4v) is 1.59.